The molecular weight excluding hydrogens is 288 g/mol. The first-order chi connectivity index (χ1) is 8.94. The van der Waals surface area contributed by atoms with Crippen molar-refractivity contribution in [2.45, 2.75) is 19.8 Å². The van der Waals surface area contributed by atoms with Gasteiger partial charge in [0, 0.05) is 22.7 Å². The maximum Gasteiger partial charge on any atom is 0.135 e. The maximum atomic E-state index is 13.2. The van der Waals surface area contributed by atoms with Crippen molar-refractivity contribution in [1.82, 2.24) is 9.97 Å². The Bertz CT molecular complexity index is 582. The van der Waals surface area contributed by atoms with Gasteiger partial charge in [-0.25, -0.2) is 14.4 Å². The third kappa shape index (κ3) is 3.78. The van der Waals surface area contributed by atoms with Gasteiger partial charge in [0.2, 0.25) is 0 Å². The van der Waals surface area contributed by atoms with Gasteiger partial charge in [0.05, 0.1) is 0 Å². The van der Waals surface area contributed by atoms with Crippen LogP contribution in [0, 0.1) is 5.82 Å². The zero-order valence-corrected chi connectivity index (χ0v) is 11.9. The second-order valence-electron chi connectivity index (χ2n) is 4.37. The highest BCUT2D eigenvalue weighted by Gasteiger charge is 2.08. The SMILES string of the molecule is CC(C)c1nc(Cl)cc(Nc2cc(F)cc(Cl)c2)n1. The first-order valence-corrected chi connectivity index (χ1v) is 6.47. The summed E-state index contributed by atoms with van der Waals surface area (Å²) in [6.45, 7) is 3.93. The summed E-state index contributed by atoms with van der Waals surface area (Å²) in [6.07, 6.45) is 0. The monoisotopic (exact) mass is 299 g/mol. The molecule has 0 atom stereocenters. The maximum absolute atomic E-state index is 13.2. The number of rotatable bonds is 3. The number of halogens is 3. The van der Waals surface area contributed by atoms with Crippen molar-refractivity contribution in [2.75, 3.05) is 5.32 Å². The van der Waals surface area contributed by atoms with E-state index < -0.39 is 5.82 Å². The van der Waals surface area contributed by atoms with Crippen LogP contribution in [0.15, 0.2) is 24.3 Å². The third-order valence-electron chi connectivity index (χ3n) is 2.36. The number of hydrogen-bond donors (Lipinski definition) is 1. The second-order valence-corrected chi connectivity index (χ2v) is 5.20. The molecule has 100 valence electrons. The fourth-order valence-corrected chi connectivity index (χ4v) is 1.94. The molecule has 1 heterocycles. The number of nitrogens with zero attached hydrogens (tertiary/aromatic N) is 2. The predicted molar refractivity (Wildman–Crippen MR) is 75.8 cm³/mol. The molecule has 6 heteroatoms. The minimum absolute atomic E-state index is 0.148. The normalized spacial score (nSPS) is 10.8. The van der Waals surface area contributed by atoms with E-state index in [1.807, 2.05) is 13.8 Å². The Morgan fingerprint density at radius 2 is 1.84 bits per heavy atom. The van der Waals surface area contributed by atoms with Gasteiger partial charge in [-0.05, 0) is 18.2 Å². The summed E-state index contributed by atoms with van der Waals surface area (Å²) >= 11 is 11.7. The lowest BCUT2D eigenvalue weighted by molar-refractivity contribution is 0.628. The quantitative estimate of drug-likeness (QED) is 0.828. The third-order valence-corrected chi connectivity index (χ3v) is 2.78. The van der Waals surface area contributed by atoms with Crippen molar-refractivity contribution in [3.05, 3.63) is 46.1 Å². The van der Waals surface area contributed by atoms with Crippen molar-refractivity contribution in [3.63, 3.8) is 0 Å². The van der Waals surface area contributed by atoms with Gasteiger partial charge in [0.15, 0.2) is 0 Å². The molecule has 0 aliphatic heterocycles. The fourth-order valence-electron chi connectivity index (χ4n) is 1.53. The molecule has 0 radical (unpaired) electrons. The van der Waals surface area contributed by atoms with Crippen LogP contribution >= 0.6 is 23.2 Å². The summed E-state index contributed by atoms with van der Waals surface area (Å²) in [6, 6.07) is 5.75. The van der Waals surface area contributed by atoms with E-state index in [1.165, 1.54) is 12.1 Å². The highest BCUT2D eigenvalue weighted by Crippen LogP contribution is 2.23. The molecule has 2 rings (SSSR count). The predicted octanol–water partition coefficient (Wildman–Crippen LogP) is 4.79. The minimum atomic E-state index is -0.417. The molecule has 0 saturated carbocycles. The van der Waals surface area contributed by atoms with Crippen LogP contribution in [0.1, 0.15) is 25.6 Å². The number of benzene rings is 1. The van der Waals surface area contributed by atoms with Crippen molar-refractivity contribution >= 4 is 34.7 Å². The van der Waals surface area contributed by atoms with Crippen LogP contribution < -0.4 is 5.32 Å². The summed E-state index contributed by atoms with van der Waals surface area (Å²) in [5, 5.41) is 3.61. The van der Waals surface area contributed by atoms with Gasteiger partial charge in [-0.3, -0.25) is 0 Å². The van der Waals surface area contributed by atoms with Gasteiger partial charge in [-0.2, -0.15) is 0 Å². The van der Waals surface area contributed by atoms with Crippen molar-refractivity contribution in [3.8, 4) is 0 Å². The Morgan fingerprint density at radius 1 is 1.11 bits per heavy atom. The fraction of sp³-hybridized carbons (Fsp3) is 0.231. The smallest absolute Gasteiger partial charge is 0.135 e. The van der Waals surface area contributed by atoms with Gasteiger partial charge >= 0.3 is 0 Å². The van der Waals surface area contributed by atoms with Crippen molar-refractivity contribution in [1.29, 1.82) is 0 Å². The van der Waals surface area contributed by atoms with E-state index in [4.69, 9.17) is 23.2 Å². The lowest BCUT2D eigenvalue weighted by Gasteiger charge is -2.10. The van der Waals surface area contributed by atoms with Crippen LogP contribution in [0.25, 0.3) is 0 Å². The molecule has 19 heavy (non-hydrogen) atoms. The summed E-state index contributed by atoms with van der Waals surface area (Å²) in [4.78, 5) is 8.44. The van der Waals surface area contributed by atoms with Gasteiger partial charge < -0.3 is 5.32 Å². The number of aromatic nitrogens is 2. The van der Waals surface area contributed by atoms with E-state index in [-0.39, 0.29) is 5.92 Å². The summed E-state index contributed by atoms with van der Waals surface area (Å²) in [5.41, 5.74) is 0.509. The average molecular weight is 300 g/mol. The van der Waals surface area contributed by atoms with E-state index in [2.05, 4.69) is 15.3 Å². The molecule has 0 saturated heterocycles. The molecule has 0 bridgehead atoms. The van der Waals surface area contributed by atoms with E-state index in [0.717, 1.165) is 0 Å². The molecule has 2 aromatic rings. The Hall–Kier alpha value is -1.39. The first kappa shape index (κ1) is 14.0. The largest absolute Gasteiger partial charge is 0.340 e. The molecule has 0 aliphatic carbocycles. The Labute approximate surface area is 120 Å². The van der Waals surface area contributed by atoms with Crippen molar-refractivity contribution in [2.24, 2.45) is 0 Å². The lowest BCUT2D eigenvalue weighted by atomic mass is 10.2. The summed E-state index contributed by atoms with van der Waals surface area (Å²) in [7, 11) is 0. The molecule has 0 amide bonds. The highest BCUT2D eigenvalue weighted by molar-refractivity contribution is 6.31. The minimum Gasteiger partial charge on any atom is -0.340 e. The molecule has 0 aliphatic rings. The van der Waals surface area contributed by atoms with Crippen LogP contribution in [0.2, 0.25) is 10.2 Å². The van der Waals surface area contributed by atoms with Gasteiger partial charge in [-0.1, -0.05) is 37.0 Å². The van der Waals surface area contributed by atoms with E-state index in [9.17, 15) is 4.39 Å². The van der Waals surface area contributed by atoms with Gasteiger partial charge in [0.25, 0.3) is 0 Å². The van der Waals surface area contributed by atoms with Gasteiger partial charge in [0.1, 0.15) is 22.6 Å². The Kier molecular flexibility index (Phi) is 4.22. The highest BCUT2D eigenvalue weighted by atomic mass is 35.5. The molecule has 1 aromatic carbocycles. The van der Waals surface area contributed by atoms with E-state index >= 15 is 0 Å². The molecular formula is C13H12Cl2FN3. The summed E-state index contributed by atoms with van der Waals surface area (Å²) < 4.78 is 13.2. The molecule has 0 fully saturated rings. The van der Waals surface area contributed by atoms with E-state index in [0.29, 0.717) is 27.5 Å². The summed E-state index contributed by atoms with van der Waals surface area (Å²) in [5.74, 6) is 0.859. The Balaban J connectivity index is 2.32. The number of hydrogen-bond acceptors (Lipinski definition) is 3. The first-order valence-electron chi connectivity index (χ1n) is 5.71. The molecule has 0 unspecified atom stereocenters. The zero-order valence-electron chi connectivity index (χ0n) is 10.4. The second kappa shape index (κ2) is 5.72. The van der Waals surface area contributed by atoms with Crippen LogP contribution in [0.5, 0.6) is 0 Å². The topological polar surface area (TPSA) is 37.8 Å². The van der Waals surface area contributed by atoms with E-state index in [1.54, 1.807) is 12.1 Å². The molecule has 1 aromatic heterocycles. The Morgan fingerprint density at radius 3 is 2.47 bits per heavy atom. The molecule has 0 spiro atoms. The van der Waals surface area contributed by atoms with Crippen LogP contribution in [-0.2, 0) is 0 Å². The standard InChI is InChI=1S/C13H12Cl2FN3/c1-7(2)13-18-11(15)6-12(19-13)17-10-4-8(14)3-9(16)5-10/h3-7H,1-2H3,(H,17,18,19). The molecule has 1 N–H and O–H groups in total. The van der Waals surface area contributed by atoms with Crippen molar-refractivity contribution < 1.29 is 4.39 Å². The van der Waals surface area contributed by atoms with Gasteiger partial charge in [-0.15, -0.1) is 0 Å². The average Bonchev–Trinajstić information content (AvgIpc) is 2.26. The van der Waals surface area contributed by atoms with Crippen LogP contribution in [-0.4, -0.2) is 9.97 Å². The zero-order chi connectivity index (χ0) is 14.0. The van der Waals surface area contributed by atoms with Crippen LogP contribution in [0.4, 0.5) is 15.9 Å². The van der Waals surface area contributed by atoms with Crippen LogP contribution in [0.3, 0.4) is 0 Å². The number of nitrogens with one attached hydrogen (secondary N) is 1. The molecule has 3 nitrogen and oxygen atoms in total. The lowest BCUT2D eigenvalue weighted by Crippen LogP contribution is -2.02. The number of anilines is 2.